The fraction of sp³-hybridized carbons (Fsp3) is 0.529. The molecule has 0 bridgehead atoms. The Morgan fingerprint density at radius 3 is 2.87 bits per heavy atom. The van der Waals surface area contributed by atoms with E-state index in [4.69, 9.17) is 4.52 Å². The van der Waals surface area contributed by atoms with Crippen molar-refractivity contribution in [2.24, 2.45) is 0 Å². The minimum absolute atomic E-state index is 0.0583. The van der Waals surface area contributed by atoms with Gasteiger partial charge in [-0.15, -0.1) is 0 Å². The summed E-state index contributed by atoms with van der Waals surface area (Å²) < 4.78 is 5.30. The molecule has 0 saturated carbocycles. The van der Waals surface area contributed by atoms with Crippen molar-refractivity contribution >= 4 is 0 Å². The summed E-state index contributed by atoms with van der Waals surface area (Å²) in [5.74, 6) is 1.23. The zero-order chi connectivity index (χ0) is 16.3. The molecule has 23 heavy (non-hydrogen) atoms. The summed E-state index contributed by atoms with van der Waals surface area (Å²) in [6.07, 6.45) is 1.79. The second-order valence-electron chi connectivity index (χ2n) is 6.44. The average molecular weight is 317 g/mol. The zero-order valence-corrected chi connectivity index (χ0v) is 13.4. The normalized spacial score (nSPS) is 25.1. The molecule has 6 nitrogen and oxygen atoms in total. The quantitative estimate of drug-likeness (QED) is 0.840. The fourth-order valence-electron chi connectivity index (χ4n) is 3.18. The second-order valence-corrected chi connectivity index (χ2v) is 6.44. The average Bonchev–Trinajstić information content (AvgIpc) is 3.14. The standard InChI is InChI=1S/C17H23N3O3/c1-17(12-21)10-14(22)11-20(17)9-5-8-15-18-16(19-23-15)13-6-3-2-4-7-13/h2-4,6-7,14,21-22H,5,8-12H2,1H3. The number of aliphatic hydroxyl groups is 2. The third-order valence-corrected chi connectivity index (χ3v) is 4.53. The maximum atomic E-state index is 9.82. The van der Waals surface area contributed by atoms with Crippen LogP contribution in [-0.4, -0.2) is 56.6 Å². The van der Waals surface area contributed by atoms with E-state index in [0.717, 1.165) is 18.5 Å². The molecule has 2 heterocycles. The Labute approximate surface area is 135 Å². The molecule has 0 aliphatic carbocycles. The summed E-state index contributed by atoms with van der Waals surface area (Å²) in [6.45, 7) is 3.44. The minimum Gasteiger partial charge on any atom is -0.394 e. The number of hydrogen-bond acceptors (Lipinski definition) is 6. The molecule has 1 aromatic carbocycles. The lowest BCUT2D eigenvalue weighted by molar-refractivity contribution is 0.0778. The van der Waals surface area contributed by atoms with Gasteiger partial charge in [0.2, 0.25) is 11.7 Å². The molecule has 0 radical (unpaired) electrons. The summed E-state index contributed by atoms with van der Waals surface area (Å²) in [6, 6.07) is 9.74. The first-order valence-electron chi connectivity index (χ1n) is 8.03. The number of aliphatic hydroxyl groups excluding tert-OH is 2. The molecule has 6 heteroatoms. The molecule has 1 fully saturated rings. The van der Waals surface area contributed by atoms with Gasteiger partial charge in [-0.1, -0.05) is 35.5 Å². The van der Waals surface area contributed by atoms with Crippen molar-refractivity contribution in [2.75, 3.05) is 19.7 Å². The van der Waals surface area contributed by atoms with Crippen LogP contribution in [0.15, 0.2) is 34.9 Å². The van der Waals surface area contributed by atoms with E-state index in [1.54, 1.807) is 0 Å². The molecular weight excluding hydrogens is 294 g/mol. The van der Waals surface area contributed by atoms with E-state index in [1.807, 2.05) is 37.3 Å². The van der Waals surface area contributed by atoms with Crippen molar-refractivity contribution in [2.45, 2.75) is 37.8 Å². The topological polar surface area (TPSA) is 82.6 Å². The molecule has 1 aromatic heterocycles. The van der Waals surface area contributed by atoms with Gasteiger partial charge in [0.1, 0.15) is 0 Å². The Kier molecular flexibility index (Phi) is 4.75. The van der Waals surface area contributed by atoms with Crippen LogP contribution < -0.4 is 0 Å². The molecule has 3 rings (SSSR count). The number of rotatable bonds is 6. The highest BCUT2D eigenvalue weighted by Crippen LogP contribution is 2.29. The number of likely N-dealkylation sites (tertiary alicyclic amines) is 1. The maximum absolute atomic E-state index is 9.82. The Hall–Kier alpha value is -1.76. The summed E-state index contributed by atoms with van der Waals surface area (Å²) in [7, 11) is 0. The van der Waals surface area contributed by atoms with Crippen molar-refractivity contribution in [3.8, 4) is 11.4 Å². The van der Waals surface area contributed by atoms with Crippen LogP contribution in [0, 0.1) is 0 Å². The Bertz CT molecular complexity index is 631. The highest BCUT2D eigenvalue weighted by Gasteiger charge is 2.40. The molecule has 2 atom stereocenters. The largest absolute Gasteiger partial charge is 0.394 e. The van der Waals surface area contributed by atoms with E-state index in [1.165, 1.54) is 0 Å². The third kappa shape index (κ3) is 3.60. The van der Waals surface area contributed by atoms with Gasteiger partial charge in [-0.3, -0.25) is 4.90 Å². The van der Waals surface area contributed by atoms with Crippen LogP contribution >= 0.6 is 0 Å². The summed E-state index contributed by atoms with van der Waals surface area (Å²) in [5, 5.41) is 23.4. The Morgan fingerprint density at radius 2 is 2.13 bits per heavy atom. The van der Waals surface area contributed by atoms with Crippen LogP contribution in [0.25, 0.3) is 11.4 Å². The van der Waals surface area contributed by atoms with Gasteiger partial charge in [-0.2, -0.15) is 4.98 Å². The Morgan fingerprint density at radius 1 is 1.35 bits per heavy atom. The predicted molar refractivity (Wildman–Crippen MR) is 85.7 cm³/mol. The SMILES string of the molecule is CC1(CO)CC(O)CN1CCCc1nc(-c2ccccc2)no1. The number of aromatic nitrogens is 2. The van der Waals surface area contributed by atoms with Gasteiger partial charge >= 0.3 is 0 Å². The van der Waals surface area contributed by atoms with Crippen molar-refractivity contribution in [1.82, 2.24) is 15.0 Å². The van der Waals surface area contributed by atoms with Gasteiger partial charge in [0, 0.05) is 24.1 Å². The van der Waals surface area contributed by atoms with E-state index in [-0.39, 0.29) is 18.2 Å². The number of hydrogen-bond donors (Lipinski definition) is 2. The third-order valence-electron chi connectivity index (χ3n) is 4.53. The monoisotopic (exact) mass is 317 g/mol. The van der Waals surface area contributed by atoms with Gasteiger partial charge in [-0.25, -0.2) is 0 Å². The first-order chi connectivity index (χ1) is 11.1. The van der Waals surface area contributed by atoms with E-state index in [9.17, 15) is 10.2 Å². The summed E-state index contributed by atoms with van der Waals surface area (Å²) >= 11 is 0. The van der Waals surface area contributed by atoms with Crippen molar-refractivity contribution < 1.29 is 14.7 Å². The molecule has 2 aromatic rings. The van der Waals surface area contributed by atoms with Crippen LogP contribution in [0.5, 0.6) is 0 Å². The van der Waals surface area contributed by atoms with Gasteiger partial charge in [-0.05, 0) is 26.3 Å². The number of nitrogens with zero attached hydrogens (tertiary/aromatic N) is 3. The predicted octanol–water partition coefficient (Wildman–Crippen LogP) is 1.49. The van der Waals surface area contributed by atoms with Crippen LogP contribution in [-0.2, 0) is 6.42 Å². The maximum Gasteiger partial charge on any atom is 0.227 e. The molecule has 1 aliphatic heterocycles. The molecule has 1 aliphatic rings. The summed E-state index contributed by atoms with van der Waals surface area (Å²) in [4.78, 5) is 6.57. The lowest BCUT2D eigenvalue weighted by atomic mass is 9.99. The van der Waals surface area contributed by atoms with Crippen molar-refractivity contribution in [3.05, 3.63) is 36.2 Å². The first-order valence-corrected chi connectivity index (χ1v) is 8.03. The van der Waals surface area contributed by atoms with Crippen LogP contribution in [0.2, 0.25) is 0 Å². The molecule has 0 spiro atoms. The number of β-amino-alcohol motifs (C(OH)–C–C–N with tert-alkyl or cyclic N) is 1. The second kappa shape index (κ2) is 6.78. The van der Waals surface area contributed by atoms with E-state index < -0.39 is 0 Å². The smallest absolute Gasteiger partial charge is 0.227 e. The van der Waals surface area contributed by atoms with Crippen LogP contribution in [0.1, 0.15) is 25.7 Å². The molecule has 124 valence electrons. The minimum atomic E-state index is -0.361. The lowest BCUT2D eigenvalue weighted by Gasteiger charge is -2.32. The summed E-state index contributed by atoms with van der Waals surface area (Å²) in [5.41, 5.74) is 0.613. The van der Waals surface area contributed by atoms with Crippen molar-refractivity contribution in [1.29, 1.82) is 0 Å². The van der Waals surface area contributed by atoms with Crippen LogP contribution in [0.3, 0.4) is 0 Å². The van der Waals surface area contributed by atoms with Crippen LogP contribution in [0.4, 0.5) is 0 Å². The van der Waals surface area contributed by atoms with Gasteiger partial charge in [0.05, 0.1) is 12.7 Å². The number of benzene rings is 1. The Balaban J connectivity index is 1.54. The van der Waals surface area contributed by atoms with Gasteiger partial charge < -0.3 is 14.7 Å². The fourth-order valence-corrected chi connectivity index (χ4v) is 3.18. The first kappa shape index (κ1) is 16.1. The molecular formula is C17H23N3O3. The van der Waals surface area contributed by atoms with Crippen molar-refractivity contribution in [3.63, 3.8) is 0 Å². The molecule has 1 saturated heterocycles. The molecule has 2 N–H and O–H groups in total. The lowest BCUT2D eigenvalue weighted by Crippen LogP contribution is -2.44. The van der Waals surface area contributed by atoms with E-state index in [0.29, 0.717) is 31.1 Å². The van der Waals surface area contributed by atoms with E-state index in [2.05, 4.69) is 15.0 Å². The molecule has 2 unspecified atom stereocenters. The highest BCUT2D eigenvalue weighted by molar-refractivity contribution is 5.53. The number of aryl methyl sites for hydroxylation is 1. The van der Waals surface area contributed by atoms with Gasteiger partial charge in [0.25, 0.3) is 0 Å². The molecule has 0 amide bonds. The zero-order valence-electron chi connectivity index (χ0n) is 13.4. The van der Waals surface area contributed by atoms with Gasteiger partial charge in [0.15, 0.2) is 0 Å². The highest BCUT2D eigenvalue weighted by atomic mass is 16.5. The van der Waals surface area contributed by atoms with E-state index >= 15 is 0 Å².